The van der Waals surface area contributed by atoms with Crippen molar-refractivity contribution in [3.63, 3.8) is 0 Å². The van der Waals surface area contributed by atoms with E-state index in [1.165, 1.54) is 70.6 Å². The number of esters is 3. The zero-order valence-corrected chi connectivity index (χ0v) is 44.3. The normalized spacial score (nSPS) is 13.1. The van der Waals surface area contributed by atoms with E-state index < -0.39 is 12.1 Å². The maximum absolute atomic E-state index is 12.8. The van der Waals surface area contributed by atoms with Crippen molar-refractivity contribution in [3.05, 3.63) is 134 Å². The van der Waals surface area contributed by atoms with Crippen LogP contribution in [0.4, 0.5) is 0 Å². The SMILES string of the molecule is CC/C=C\C/C=C\C/C=C\C/C=C\C/C=C\CCCC(=O)O[C@@H](COC(=O)CCC/C=C\C/C=C\C/C=C\CCCCCCCC)COC(=O)CCCCCC/C=C\C/C=C\C/C=C\CCCCC. The molecule has 0 heterocycles. The standard InChI is InChI=1S/C63H100O6/c1-4-7-10-13-16-19-22-25-28-31-34-37-40-43-46-49-52-55-61(64)67-58-60(69-63(66)57-54-51-48-45-42-39-36-33-30-27-24-21-18-15-12-9-6-3)59-68-62(65)56-53-50-47-44-41-38-35-32-29-26-23-20-17-14-11-8-5-2/h9,12,16,18-19,21,25-30,34-39,44-45,47-48,60H,4-8,10-11,13-15,17,20,22-24,31-33,40-43,46,49-59H2,1-3H3/b12-9-,19-16-,21-18-,28-25-,29-26-,30-27-,37-34-,38-35-,39-36-,47-44-,48-45-/t60-/m1/s1. The number of hydrogen-bond acceptors (Lipinski definition) is 6. The lowest BCUT2D eigenvalue weighted by Gasteiger charge is -2.18. The maximum atomic E-state index is 12.8. The average Bonchev–Trinajstić information content (AvgIpc) is 3.35. The molecule has 0 aliphatic heterocycles. The lowest BCUT2D eigenvalue weighted by Crippen LogP contribution is -2.30. The van der Waals surface area contributed by atoms with Gasteiger partial charge in [-0.15, -0.1) is 0 Å². The van der Waals surface area contributed by atoms with Gasteiger partial charge in [-0.2, -0.15) is 0 Å². The lowest BCUT2D eigenvalue weighted by atomic mass is 10.1. The Balaban J connectivity index is 4.62. The fourth-order valence-corrected chi connectivity index (χ4v) is 6.97. The molecule has 0 aliphatic carbocycles. The molecule has 0 N–H and O–H groups in total. The van der Waals surface area contributed by atoms with E-state index in [0.717, 1.165) is 103 Å². The summed E-state index contributed by atoms with van der Waals surface area (Å²) in [5, 5.41) is 0. The third-order valence-electron chi connectivity index (χ3n) is 11.1. The average molecular weight is 953 g/mol. The van der Waals surface area contributed by atoms with E-state index in [2.05, 4.69) is 154 Å². The molecular formula is C63H100O6. The zero-order valence-electron chi connectivity index (χ0n) is 44.3. The van der Waals surface area contributed by atoms with Crippen molar-refractivity contribution in [2.75, 3.05) is 13.2 Å². The maximum Gasteiger partial charge on any atom is 0.306 e. The summed E-state index contributed by atoms with van der Waals surface area (Å²) < 4.78 is 16.7. The van der Waals surface area contributed by atoms with Gasteiger partial charge in [0.1, 0.15) is 13.2 Å². The highest BCUT2D eigenvalue weighted by Crippen LogP contribution is 2.11. The van der Waals surface area contributed by atoms with Crippen molar-refractivity contribution in [3.8, 4) is 0 Å². The first kappa shape index (κ1) is 64.5. The molecule has 0 aromatic carbocycles. The number of ether oxygens (including phenoxy) is 3. The molecule has 0 amide bonds. The number of hydrogen-bond donors (Lipinski definition) is 0. The van der Waals surface area contributed by atoms with Gasteiger partial charge in [0.15, 0.2) is 6.10 Å². The summed E-state index contributed by atoms with van der Waals surface area (Å²) in [5.41, 5.74) is 0. The first-order chi connectivity index (χ1) is 34.0. The first-order valence-corrected chi connectivity index (χ1v) is 27.7. The smallest absolute Gasteiger partial charge is 0.306 e. The van der Waals surface area contributed by atoms with Gasteiger partial charge in [0, 0.05) is 19.3 Å². The third kappa shape index (κ3) is 54.4. The summed E-state index contributed by atoms with van der Waals surface area (Å²) >= 11 is 0. The molecule has 6 nitrogen and oxygen atoms in total. The topological polar surface area (TPSA) is 78.9 Å². The Kier molecular flexibility index (Phi) is 52.5. The van der Waals surface area contributed by atoms with Crippen molar-refractivity contribution in [2.45, 2.75) is 232 Å². The fraction of sp³-hybridized carbons (Fsp3) is 0.603. The lowest BCUT2D eigenvalue weighted by molar-refractivity contribution is -0.167. The number of carbonyl (C=O) groups is 3. The van der Waals surface area contributed by atoms with E-state index >= 15 is 0 Å². The predicted molar refractivity (Wildman–Crippen MR) is 297 cm³/mol. The van der Waals surface area contributed by atoms with Crippen LogP contribution in [0, 0.1) is 0 Å². The van der Waals surface area contributed by atoms with Gasteiger partial charge in [-0.05, 0) is 128 Å². The molecule has 1 atom stereocenters. The minimum atomic E-state index is -0.843. The van der Waals surface area contributed by atoms with E-state index in [-0.39, 0.29) is 38.0 Å². The van der Waals surface area contributed by atoms with Crippen molar-refractivity contribution < 1.29 is 28.6 Å². The molecule has 388 valence electrons. The Morgan fingerprint density at radius 3 is 0.971 bits per heavy atom. The molecule has 0 fully saturated rings. The summed E-state index contributed by atoms with van der Waals surface area (Å²) in [6.45, 7) is 6.36. The van der Waals surface area contributed by atoms with Crippen LogP contribution in [-0.2, 0) is 28.6 Å². The number of carbonyl (C=O) groups excluding carboxylic acids is 3. The van der Waals surface area contributed by atoms with Crippen LogP contribution in [0.25, 0.3) is 0 Å². The van der Waals surface area contributed by atoms with Crippen molar-refractivity contribution in [2.24, 2.45) is 0 Å². The Morgan fingerprint density at radius 1 is 0.304 bits per heavy atom. The molecule has 69 heavy (non-hydrogen) atoms. The molecule has 0 bridgehead atoms. The molecule has 0 aromatic rings. The molecule has 0 saturated carbocycles. The Hall–Kier alpha value is -4.45. The van der Waals surface area contributed by atoms with Gasteiger partial charge >= 0.3 is 17.9 Å². The molecule has 6 heteroatoms. The van der Waals surface area contributed by atoms with Crippen molar-refractivity contribution in [1.82, 2.24) is 0 Å². The van der Waals surface area contributed by atoms with Gasteiger partial charge in [0.05, 0.1) is 0 Å². The second-order valence-corrected chi connectivity index (χ2v) is 17.7. The van der Waals surface area contributed by atoms with Crippen LogP contribution in [0.5, 0.6) is 0 Å². The summed E-state index contributed by atoms with van der Waals surface area (Å²) in [6, 6.07) is 0. The second kappa shape index (κ2) is 56.1. The first-order valence-electron chi connectivity index (χ1n) is 27.7. The third-order valence-corrected chi connectivity index (χ3v) is 11.1. The van der Waals surface area contributed by atoms with Gasteiger partial charge in [0.2, 0.25) is 0 Å². The largest absolute Gasteiger partial charge is 0.462 e. The van der Waals surface area contributed by atoms with E-state index in [1.807, 2.05) is 0 Å². The highest BCUT2D eigenvalue weighted by Gasteiger charge is 2.19. The van der Waals surface area contributed by atoms with Crippen LogP contribution in [-0.4, -0.2) is 37.2 Å². The zero-order chi connectivity index (χ0) is 50.0. The molecule has 0 aliphatic rings. The van der Waals surface area contributed by atoms with Gasteiger partial charge < -0.3 is 14.2 Å². The van der Waals surface area contributed by atoms with Crippen molar-refractivity contribution >= 4 is 17.9 Å². The fourth-order valence-electron chi connectivity index (χ4n) is 6.97. The Morgan fingerprint density at radius 2 is 0.580 bits per heavy atom. The van der Waals surface area contributed by atoms with Crippen LogP contribution in [0.15, 0.2) is 134 Å². The quantitative estimate of drug-likeness (QED) is 0.0262. The number of allylic oxidation sites excluding steroid dienone is 22. The van der Waals surface area contributed by atoms with E-state index in [4.69, 9.17) is 14.2 Å². The van der Waals surface area contributed by atoms with Crippen LogP contribution < -0.4 is 0 Å². The Bertz CT molecular complexity index is 1510. The molecule has 0 radical (unpaired) electrons. The summed E-state index contributed by atoms with van der Waals surface area (Å²) in [6.07, 6.45) is 78.7. The summed E-state index contributed by atoms with van der Waals surface area (Å²) in [5.74, 6) is -1.07. The molecule has 0 spiro atoms. The minimum Gasteiger partial charge on any atom is -0.462 e. The van der Waals surface area contributed by atoms with Gasteiger partial charge in [-0.25, -0.2) is 0 Å². The highest BCUT2D eigenvalue weighted by atomic mass is 16.6. The second-order valence-electron chi connectivity index (χ2n) is 17.7. The van der Waals surface area contributed by atoms with E-state index in [0.29, 0.717) is 19.3 Å². The van der Waals surface area contributed by atoms with Gasteiger partial charge in [0.25, 0.3) is 0 Å². The molecule has 0 saturated heterocycles. The molecule has 0 unspecified atom stereocenters. The summed E-state index contributed by atoms with van der Waals surface area (Å²) in [4.78, 5) is 38.1. The number of unbranched alkanes of at least 4 members (excludes halogenated alkanes) is 15. The number of rotatable bonds is 48. The Labute approximate surface area is 424 Å². The predicted octanol–water partition coefficient (Wildman–Crippen LogP) is 18.6. The monoisotopic (exact) mass is 953 g/mol. The van der Waals surface area contributed by atoms with Crippen LogP contribution >= 0.6 is 0 Å². The van der Waals surface area contributed by atoms with Gasteiger partial charge in [-0.3, -0.25) is 14.4 Å². The van der Waals surface area contributed by atoms with Crippen LogP contribution in [0.2, 0.25) is 0 Å². The summed E-state index contributed by atoms with van der Waals surface area (Å²) in [7, 11) is 0. The molecular weight excluding hydrogens is 853 g/mol. The van der Waals surface area contributed by atoms with Gasteiger partial charge in [-0.1, -0.05) is 212 Å². The molecule has 0 rings (SSSR count). The highest BCUT2D eigenvalue weighted by molar-refractivity contribution is 5.71. The molecule has 0 aromatic heterocycles. The van der Waals surface area contributed by atoms with Crippen molar-refractivity contribution in [1.29, 1.82) is 0 Å². The van der Waals surface area contributed by atoms with E-state index in [1.54, 1.807) is 0 Å². The van der Waals surface area contributed by atoms with Crippen LogP contribution in [0.1, 0.15) is 226 Å². The van der Waals surface area contributed by atoms with E-state index in [9.17, 15) is 14.4 Å². The minimum absolute atomic E-state index is 0.133. The van der Waals surface area contributed by atoms with Crippen LogP contribution in [0.3, 0.4) is 0 Å².